The Labute approximate surface area is 317 Å². The van der Waals surface area contributed by atoms with Crippen molar-refractivity contribution in [2.45, 2.75) is 12.8 Å². The summed E-state index contributed by atoms with van der Waals surface area (Å²) >= 11 is 0. The predicted octanol–water partition coefficient (Wildman–Crippen LogP) is 12.0. The van der Waals surface area contributed by atoms with E-state index in [2.05, 4.69) is 146 Å². The number of hydrogen-bond donors (Lipinski definition) is 2. The molecule has 0 aliphatic heterocycles. The van der Waals surface area contributed by atoms with Crippen molar-refractivity contribution in [1.82, 2.24) is 4.57 Å². The first-order chi connectivity index (χ1) is 26.2. The molecule has 0 spiro atoms. The van der Waals surface area contributed by atoms with Crippen molar-refractivity contribution in [3.05, 3.63) is 187 Å². The van der Waals surface area contributed by atoms with E-state index < -0.39 is 0 Å². The maximum absolute atomic E-state index is 6.16. The van der Waals surface area contributed by atoms with Crippen molar-refractivity contribution in [2.24, 2.45) is 0 Å². The van der Waals surface area contributed by atoms with Crippen LogP contribution in [0.25, 0.3) is 55.7 Å². The van der Waals surface area contributed by atoms with Crippen molar-refractivity contribution < 1.29 is 9.89 Å². The van der Waals surface area contributed by atoms with Gasteiger partial charge in [-0.05, 0) is 102 Å². The minimum Gasteiger partial charge on any atom is -0.456 e. The molecular formula is C48H40N3O2P. The lowest BCUT2D eigenvalue weighted by Gasteiger charge is -2.17. The number of allylic oxidation sites excluding steroid dienone is 1. The molecule has 9 aromatic rings. The number of aryl methyl sites for hydroxylation is 1. The smallest absolute Gasteiger partial charge is 0.137 e. The predicted molar refractivity (Wildman–Crippen MR) is 232 cm³/mol. The van der Waals surface area contributed by atoms with Crippen LogP contribution >= 0.6 is 9.24 Å². The number of para-hydroxylation sites is 3. The molecule has 10 rings (SSSR count). The third kappa shape index (κ3) is 6.79. The molecule has 2 aromatic heterocycles. The summed E-state index contributed by atoms with van der Waals surface area (Å²) < 4.78 is 8.57. The summed E-state index contributed by atoms with van der Waals surface area (Å²) in [4.78, 5) is 0. The van der Waals surface area contributed by atoms with Crippen molar-refractivity contribution in [3.8, 4) is 16.8 Å². The molecule has 0 bridgehead atoms. The maximum atomic E-state index is 6.16. The van der Waals surface area contributed by atoms with E-state index in [0.717, 1.165) is 68.7 Å². The van der Waals surface area contributed by atoms with Gasteiger partial charge in [-0.1, -0.05) is 115 Å². The molecule has 2 heterocycles. The molecule has 0 fully saturated rings. The summed E-state index contributed by atoms with van der Waals surface area (Å²) in [6, 6.07) is 59.1. The molecule has 6 heteroatoms. The van der Waals surface area contributed by atoms with Crippen molar-refractivity contribution in [1.29, 1.82) is 0 Å². The van der Waals surface area contributed by atoms with Crippen molar-refractivity contribution in [3.63, 3.8) is 0 Å². The lowest BCUT2D eigenvalue weighted by molar-refractivity contribution is 0.669. The fraction of sp³-hybridized carbons (Fsp3) is 0.0417. The first-order valence-electron chi connectivity index (χ1n) is 18.0. The van der Waals surface area contributed by atoms with Gasteiger partial charge in [0.05, 0.1) is 28.0 Å². The van der Waals surface area contributed by atoms with E-state index in [4.69, 9.17) is 4.42 Å². The number of nitrogens with one attached hydrogen (secondary N) is 2. The number of rotatable bonds is 6. The largest absolute Gasteiger partial charge is 0.456 e. The summed E-state index contributed by atoms with van der Waals surface area (Å²) in [5.74, 6) is 0. The summed E-state index contributed by atoms with van der Waals surface area (Å²) in [5, 5.41) is 12.2. The van der Waals surface area contributed by atoms with Crippen LogP contribution in [-0.4, -0.2) is 10.0 Å². The van der Waals surface area contributed by atoms with E-state index in [1.54, 1.807) is 0 Å². The van der Waals surface area contributed by atoms with Gasteiger partial charge in [-0.3, -0.25) is 0 Å². The Kier molecular flexibility index (Phi) is 9.83. The maximum Gasteiger partial charge on any atom is 0.137 e. The first kappa shape index (κ1) is 34.7. The van der Waals surface area contributed by atoms with Gasteiger partial charge in [0.2, 0.25) is 0 Å². The Morgan fingerprint density at radius 3 is 2.02 bits per heavy atom. The Bertz CT molecular complexity index is 2730. The van der Waals surface area contributed by atoms with E-state index in [0.29, 0.717) is 0 Å². The second kappa shape index (κ2) is 15.3. The van der Waals surface area contributed by atoms with Gasteiger partial charge in [0.1, 0.15) is 11.2 Å². The molecule has 264 valence electrons. The number of nitrogens with zero attached hydrogens (tertiary/aromatic N) is 1. The van der Waals surface area contributed by atoms with Gasteiger partial charge in [-0.15, -0.1) is 9.24 Å². The topological polar surface area (TPSA) is 73.6 Å². The Hall–Kier alpha value is -6.39. The summed E-state index contributed by atoms with van der Waals surface area (Å²) in [6.45, 7) is 0. The zero-order valence-corrected chi connectivity index (χ0v) is 30.8. The quantitative estimate of drug-likeness (QED) is 0.168. The summed E-state index contributed by atoms with van der Waals surface area (Å²) in [6.07, 6.45) is 6.75. The standard InChI is InChI=1S/C42H31N3O.C6H7P.H2O/c1-2-11-30(12-3-1)43-37-27-29(23-26-35(37)44-36-16-10-20-41-42(36)34-15-6-9-19-40(34)46-41)28-21-24-31(25-22-28)45-38-17-7-4-13-32(38)33-14-5-8-18-39(33)45;7-6-4-2-1-3-5-6;/h1-4,6-13,15-27,43-44H,5,14H2;1-5H,7H2;1H2. The highest BCUT2D eigenvalue weighted by Gasteiger charge is 2.18. The zero-order chi connectivity index (χ0) is 35.6. The molecule has 54 heavy (non-hydrogen) atoms. The molecule has 1 unspecified atom stereocenters. The van der Waals surface area contributed by atoms with Crippen LogP contribution in [0.15, 0.2) is 180 Å². The molecular weight excluding hydrogens is 682 g/mol. The van der Waals surface area contributed by atoms with E-state index in [1.165, 1.54) is 33.2 Å². The number of furan rings is 1. The lowest BCUT2D eigenvalue weighted by Crippen LogP contribution is -2.00. The van der Waals surface area contributed by atoms with E-state index in [1.807, 2.05) is 60.7 Å². The molecule has 4 N–H and O–H groups in total. The van der Waals surface area contributed by atoms with Crippen LogP contribution < -0.4 is 15.9 Å². The van der Waals surface area contributed by atoms with Gasteiger partial charge in [-0.25, -0.2) is 0 Å². The molecule has 1 aliphatic carbocycles. The number of hydrogen-bond acceptors (Lipinski definition) is 3. The second-order valence-electron chi connectivity index (χ2n) is 13.3. The van der Waals surface area contributed by atoms with Gasteiger partial charge in [-0.2, -0.15) is 0 Å². The minimum absolute atomic E-state index is 0. The van der Waals surface area contributed by atoms with Crippen LogP contribution in [0, 0.1) is 0 Å². The van der Waals surface area contributed by atoms with E-state index >= 15 is 0 Å². The average molecular weight is 722 g/mol. The average Bonchev–Trinajstić information content (AvgIpc) is 3.76. The SMILES string of the molecule is C1=Cc2c(c3ccccc3n2-c2ccc(-c3ccc(Nc4cccc5oc6ccccc6c45)c(Nc4ccccc4)c3)cc2)CC1.O.Pc1ccccc1. The normalized spacial score (nSPS) is 11.8. The second-order valence-corrected chi connectivity index (χ2v) is 13.9. The van der Waals surface area contributed by atoms with Gasteiger partial charge in [0.15, 0.2) is 0 Å². The highest BCUT2D eigenvalue weighted by atomic mass is 31.0. The van der Waals surface area contributed by atoms with Crippen LogP contribution in [0.2, 0.25) is 0 Å². The molecule has 0 saturated carbocycles. The zero-order valence-electron chi connectivity index (χ0n) is 29.7. The fourth-order valence-corrected chi connectivity index (χ4v) is 7.58. The highest BCUT2D eigenvalue weighted by molar-refractivity contribution is 7.27. The van der Waals surface area contributed by atoms with Crippen molar-refractivity contribution >= 4 is 76.2 Å². The molecule has 1 aliphatic rings. The van der Waals surface area contributed by atoms with Crippen LogP contribution in [0.5, 0.6) is 0 Å². The Balaban J connectivity index is 0.000000468. The van der Waals surface area contributed by atoms with E-state index in [-0.39, 0.29) is 5.48 Å². The molecule has 0 amide bonds. The van der Waals surface area contributed by atoms with Crippen LogP contribution in [0.1, 0.15) is 17.7 Å². The molecule has 0 saturated heterocycles. The molecule has 0 radical (unpaired) electrons. The Morgan fingerprint density at radius 2 is 1.24 bits per heavy atom. The first-order valence-corrected chi connectivity index (χ1v) is 18.6. The van der Waals surface area contributed by atoms with E-state index in [9.17, 15) is 0 Å². The number of anilines is 4. The van der Waals surface area contributed by atoms with Crippen LogP contribution in [-0.2, 0) is 6.42 Å². The summed E-state index contributed by atoms with van der Waals surface area (Å²) in [7, 11) is 2.63. The number of aromatic nitrogens is 1. The third-order valence-corrected chi connectivity index (χ3v) is 10.2. The number of benzene rings is 7. The van der Waals surface area contributed by atoms with Gasteiger partial charge in [0, 0.05) is 27.8 Å². The Morgan fingerprint density at radius 1 is 0.556 bits per heavy atom. The third-order valence-electron chi connectivity index (χ3n) is 9.86. The molecule has 7 aromatic carbocycles. The lowest BCUT2D eigenvalue weighted by atomic mass is 10.0. The molecule has 5 nitrogen and oxygen atoms in total. The van der Waals surface area contributed by atoms with Gasteiger partial charge < -0.3 is 25.1 Å². The summed E-state index contributed by atoms with van der Waals surface area (Å²) in [5.41, 5.74) is 13.3. The highest BCUT2D eigenvalue weighted by Crippen LogP contribution is 2.39. The fourth-order valence-electron chi connectivity index (χ4n) is 7.36. The minimum atomic E-state index is 0. The number of fused-ring (bicyclic) bond motifs is 6. The van der Waals surface area contributed by atoms with Crippen LogP contribution in [0.4, 0.5) is 22.7 Å². The monoisotopic (exact) mass is 721 g/mol. The van der Waals surface area contributed by atoms with Crippen LogP contribution in [0.3, 0.4) is 0 Å². The van der Waals surface area contributed by atoms with Gasteiger partial charge in [0.25, 0.3) is 0 Å². The van der Waals surface area contributed by atoms with Crippen molar-refractivity contribution in [2.75, 3.05) is 10.6 Å². The molecule has 1 atom stereocenters. The van der Waals surface area contributed by atoms with Gasteiger partial charge >= 0.3 is 0 Å².